The lowest BCUT2D eigenvalue weighted by Crippen LogP contribution is -2.25. The van der Waals surface area contributed by atoms with Gasteiger partial charge in [0.1, 0.15) is 0 Å². The van der Waals surface area contributed by atoms with Crippen LogP contribution in [0.1, 0.15) is 40.7 Å². The first kappa shape index (κ1) is 19.4. The monoisotopic (exact) mass is 356 g/mol. The third-order valence-electron chi connectivity index (χ3n) is 4.01. The first-order valence-electron chi connectivity index (χ1n) is 8.55. The fourth-order valence-corrected chi connectivity index (χ4v) is 2.37. The first-order chi connectivity index (χ1) is 12.5. The number of benzene rings is 1. The molecule has 0 unspecified atom stereocenters. The van der Waals surface area contributed by atoms with Crippen LogP contribution in [0.4, 0.5) is 0 Å². The number of esters is 1. The Balaban J connectivity index is 1.91. The van der Waals surface area contributed by atoms with Crippen molar-refractivity contribution in [3.05, 3.63) is 58.9 Å². The summed E-state index contributed by atoms with van der Waals surface area (Å²) in [5.74, 6) is -0.691. The largest absolute Gasteiger partial charge is 0.466 e. The van der Waals surface area contributed by atoms with Gasteiger partial charge in [0, 0.05) is 12.6 Å². The van der Waals surface area contributed by atoms with Crippen molar-refractivity contribution < 1.29 is 14.3 Å². The number of aromatic nitrogens is 3. The number of nitrogens with one attached hydrogen (secondary N) is 1. The number of nitrogens with zero attached hydrogens (tertiary/aromatic N) is 3. The number of ether oxygens (including phenoxy) is 1. The molecule has 7 nitrogen and oxygen atoms in total. The van der Waals surface area contributed by atoms with Gasteiger partial charge in [-0.15, -0.1) is 5.10 Å². The highest BCUT2D eigenvalue weighted by Crippen LogP contribution is 2.10. The van der Waals surface area contributed by atoms with Gasteiger partial charge in [-0.2, -0.15) is 0 Å². The number of amides is 1. The van der Waals surface area contributed by atoms with Crippen LogP contribution >= 0.6 is 0 Å². The van der Waals surface area contributed by atoms with Gasteiger partial charge >= 0.3 is 5.97 Å². The predicted molar refractivity (Wildman–Crippen MR) is 97.8 cm³/mol. The molecule has 26 heavy (non-hydrogen) atoms. The molecule has 138 valence electrons. The van der Waals surface area contributed by atoms with E-state index in [1.165, 1.54) is 18.7 Å². The summed E-state index contributed by atoms with van der Waals surface area (Å²) in [5, 5.41) is 10.8. The molecule has 0 atom stereocenters. The molecule has 1 heterocycles. The highest BCUT2D eigenvalue weighted by atomic mass is 16.5. The number of hydrogen-bond donors (Lipinski definition) is 1. The standard InChI is InChI=1S/C19H24N4O3/c1-4-15-8-10-16(11-9-15)13-23-14(2)18(21-22-23)19(25)20-12-6-5-7-17(24)26-3/h5,7-11H,4,6,12-13H2,1-3H3,(H,20,25)/b7-5+. The van der Waals surface area contributed by atoms with E-state index >= 15 is 0 Å². The predicted octanol–water partition coefficient (Wildman–Crippen LogP) is 2.05. The first-order valence-corrected chi connectivity index (χ1v) is 8.55. The van der Waals surface area contributed by atoms with Gasteiger partial charge in [0.2, 0.25) is 0 Å². The summed E-state index contributed by atoms with van der Waals surface area (Å²) in [5.41, 5.74) is 3.42. The van der Waals surface area contributed by atoms with E-state index in [9.17, 15) is 9.59 Å². The number of rotatable bonds is 8. The summed E-state index contributed by atoms with van der Waals surface area (Å²) >= 11 is 0. The lowest BCUT2D eigenvalue weighted by Gasteiger charge is -2.05. The van der Waals surface area contributed by atoms with Gasteiger partial charge in [-0.25, -0.2) is 9.48 Å². The van der Waals surface area contributed by atoms with Crippen LogP contribution in [0.2, 0.25) is 0 Å². The number of methoxy groups -OCH3 is 1. The topological polar surface area (TPSA) is 86.1 Å². The maximum absolute atomic E-state index is 12.2. The van der Waals surface area contributed by atoms with Gasteiger partial charge in [0.25, 0.3) is 5.91 Å². The minimum atomic E-state index is -0.415. The number of carbonyl (C=O) groups is 2. The Hall–Kier alpha value is -2.96. The molecule has 0 fully saturated rings. The van der Waals surface area contributed by atoms with Crippen LogP contribution in [-0.2, 0) is 22.5 Å². The summed E-state index contributed by atoms with van der Waals surface area (Å²) in [7, 11) is 1.32. The second-order valence-corrected chi connectivity index (χ2v) is 5.82. The van der Waals surface area contributed by atoms with Crippen molar-refractivity contribution in [2.45, 2.75) is 33.2 Å². The Morgan fingerprint density at radius 3 is 2.58 bits per heavy atom. The molecule has 0 saturated heterocycles. The lowest BCUT2D eigenvalue weighted by atomic mass is 10.1. The lowest BCUT2D eigenvalue weighted by molar-refractivity contribution is -0.134. The number of aryl methyl sites for hydroxylation is 1. The molecule has 2 aromatic rings. The smallest absolute Gasteiger partial charge is 0.330 e. The van der Waals surface area contributed by atoms with Gasteiger partial charge in [0.05, 0.1) is 19.3 Å². The molecule has 0 aliphatic rings. The summed E-state index contributed by atoms with van der Waals surface area (Å²) in [4.78, 5) is 23.2. The van der Waals surface area contributed by atoms with Crippen LogP contribution in [0.25, 0.3) is 0 Å². The fraction of sp³-hybridized carbons (Fsp3) is 0.368. The highest BCUT2D eigenvalue weighted by molar-refractivity contribution is 5.93. The van der Waals surface area contributed by atoms with Crippen molar-refractivity contribution in [3.63, 3.8) is 0 Å². The second kappa shape index (κ2) is 9.50. The van der Waals surface area contributed by atoms with E-state index in [-0.39, 0.29) is 5.91 Å². The minimum Gasteiger partial charge on any atom is -0.466 e. The van der Waals surface area contributed by atoms with E-state index in [1.54, 1.807) is 10.8 Å². The van der Waals surface area contributed by atoms with Crippen LogP contribution in [-0.4, -0.2) is 40.5 Å². The Labute approximate surface area is 153 Å². The third-order valence-corrected chi connectivity index (χ3v) is 4.01. The van der Waals surface area contributed by atoms with Crippen molar-refractivity contribution in [2.24, 2.45) is 0 Å². The molecule has 0 aliphatic heterocycles. The van der Waals surface area contributed by atoms with E-state index in [4.69, 9.17) is 0 Å². The molecule has 7 heteroatoms. The second-order valence-electron chi connectivity index (χ2n) is 5.82. The summed E-state index contributed by atoms with van der Waals surface area (Å²) < 4.78 is 6.21. The van der Waals surface area contributed by atoms with Gasteiger partial charge in [-0.3, -0.25) is 4.79 Å². The Bertz CT molecular complexity index is 779. The van der Waals surface area contributed by atoms with Gasteiger partial charge < -0.3 is 10.1 Å². The Kier molecular flexibility index (Phi) is 7.08. The summed E-state index contributed by atoms with van der Waals surface area (Å²) in [6, 6.07) is 8.31. The normalized spacial score (nSPS) is 10.9. The van der Waals surface area contributed by atoms with Gasteiger partial charge in [-0.1, -0.05) is 42.5 Å². The molecule has 1 N–H and O–H groups in total. The average molecular weight is 356 g/mol. The molecular formula is C19H24N4O3. The van der Waals surface area contributed by atoms with E-state index in [0.717, 1.165) is 12.0 Å². The molecule has 1 amide bonds. The number of hydrogen-bond acceptors (Lipinski definition) is 5. The molecule has 1 aromatic carbocycles. The molecule has 0 bridgehead atoms. The average Bonchev–Trinajstić information content (AvgIpc) is 3.02. The molecular weight excluding hydrogens is 332 g/mol. The molecule has 1 aromatic heterocycles. The Morgan fingerprint density at radius 1 is 1.23 bits per heavy atom. The van der Waals surface area contributed by atoms with Crippen molar-refractivity contribution >= 4 is 11.9 Å². The number of carbonyl (C=O) groups excluding carboxylic acids is 2. The Morgan fingerprint density at radius 2 is 1.92 bits per heavy atom. The van der Waals surface area contributed by atoms with Crippen molar-refractivity contribution in [3.8, 4) is 0 Å². The zero-order valence-electron chi connectivity index (χ0n) is 15.4. The molecule has 0 radical (unpaired) electrons. The zero-order valence-corrected chi connectivity index (χ0v) is 15.4. The SMILES string of the molecule is CCc1ccc(Cn2nnc(C(=O)NCC/C=C/C(=O)OC)c2C)cc1. The van der Waals surface area contributed by atoms with E-state index in [2.05, 4.69) is 51.6 Å². The van der Waals surface area contributed by atoms with Gasteiger partial charge in [-0.05, 0) is 30.9 Å². The summed E-state index contributed by atoms with van der Waals surface area (Å²) in [6.07, 6.45) is 4.51. The molecule has 0 aliphatic carbocycles. The van der Waals surface area contributed by atoms with Crippen LogP contribution in [0, 0.1) is 6.92 Å². The van der Waals surface area contributed by atoms with Crippen molar-refractivity contribution in [1.82, 2.24) is 20.3 Å². The fourth-order valence-electron chi connectivity index (χ4n) is 2.37. The van der Waals surface area contributed by atoms with Crippen LogP contribution in [0.15, 0.2) is 36.4 Å². The third kappa shape index (κ3) is 5.27. The molecule has 0 spiro atoms. The quantitative estimate of drug-likeness (QED) is 0.444. The van der Waals surface area contributed by atoms with Crippen LogP contribution in [0.5, 0.6) is 0 Å². The maximum atomic E-state index is 12.2. The molecule has 0 saturated carbocycles. The maximum Gasteiger partial charge on any atom is 0.330 e. The van der Waals surface area contributed by atoms with Crippen LogP contribution < -0.4 is 5.32 Å². The van der Waals surface area contributed by atoms with E-state index < -0.39 is 5.97 Å². The summed E-state index contributed by atoms with van der Waals surface area (Å²) in [6.45, 7) is 4.91. The highest BCUT2D eigenvalue weighted by Gasteiger charge is 2.16. The van der Waals surface area contributed by atoms with Crippen LogP contribution in [0.3, 0.4) is 0 Å². The van der Waals surface area contributed by atoms with Crippen molar-refractivity contribution in [2.75, 3.05) is 13.7 Å². The zero-order chi connectivity index (χ0) is 18.9. The van der Waals surface area contributed by atoms with E-state index in [0.29, 0.717) is 30.9 Å². The minimum absolute atomic E-state index is 0.276. The van der Waals surface area contributed by atoms with Gasteiger partial charge in [0.15, 0.2) is 5.69 Å². The van der Waals surface area contributed by atoms with Crippen molar-refractivity contribution in [1.29, 1.82) is 0 Å². The van der Waals surface area contributed by atoms with E-state index in [1.807, 2.05) is 6.92 Å². The molecule has 2 rings (SSSR count).